The third-order valence-electron chi connectivity index (χ3n) is 1.88. The Hall–Kier alpha value is -0.160. The molecule has 0 aliphatic carbocycles. The summed E-state index contributed by atoms with van der Waals surface area (Å²) in [7, 11) is 0. The monoisotopic (exact) mass is 176 g/mol. The largest absolute Gasteiger partial charge is 0.394 e. The molecular weight excluding hydrogens is 160 g/mol. The molecule has 1 saturated heterocycles. The van der Waals surface area contributed by atoms with Crippen LogP contribution in [0.25, 0.3) is 0 Å². The van der Waals surface area contributed by atoms with Crippen LogP contribution in [0.5, 0.6) is 0 Å². The molecule has 0 amide bonds. The zero-order valence-electron chi connectivity index (χ0n) is 7.65. The first-order chi connectivity index (χ1) is 5.46. The van der Waals surface area contributed by atoms with E-state index < -0.39 is 24.1 Å². The molecule has 1 fully saturated rings. The Balaban J connectivity index is 2.63. The number of aliphatic hydroxyl groups excluding tert-OH is 2. The lowest BCUT2D eigenvalue weighted by molar-refractivity contribution is -0.155. The summed E-state index contributed by atoms with van der Waals surface area (Å²) in [5.41, 5.74) is 0. The van der Waals surface area contributed by atoms with Crippen LogP contribution in [0.1, 0.15) is 20.8 Å². The molecule has 4 nitrogen and oxygen atoms in total. The highest BCUT2D eigenvalue weighted by atomic mass is 16.8. The summed E-state index contributed by atoms with van der Waals surface area (Å²) >= 11 is 0. The van der Waals surface area contributed by atoms with Gasteiger partial charge in [0.2, 0.25) is 0 Å². The molecule has 0 unspecified atom stereocenters. The molecule has 0 saturated carbocycles. The molecular formula is C8H16O4. The van der Waals surface area contributed by atoms with Crippen LogP contribution in [0.2, 0.25) is 0 Å². The second-order valence-electron chi connectivity index (χ2n) is 3.56. The summed E-state index contributed by atoms with van der Waals surface area (Å²) < 4.78 is 10.7. The lowest BCUT2D eigenvalue weighted by Gasteiger charge is -2.18. The molecule has 3 atom stereocenters. The molecule has 4 heteroatoms. The van der Waals surface area contributed by atoms with Gasteiger partial charge in [0.1, 0.15) is 12.2 Å². The highest BCUT2D eigenvalue weighted by Crippen LogP contribution is 2.29. The highest BCUT2D eigenvalue weighted by molar-refractivity contribution is 4.84. The van der Waals surface area contributed by atoms with Gasteiger partial charge in [0.15, 0.2) is 5.79 Å². The number of rotatable bonds is 2. The van der Waals surface area contributed by atoms with Crippen molar-refractivity contribution in [2.45, 2.75) is 44.9 Å². The van der Waals surface area contributed by atoms with Crippen molar-refractivity contribution in [1.29, 1.82) is 0 Å². The summed E-state index contributed by atoms with van der Waals surface area (Å²) in [4.78, 5) is 0. The van der Waals surface area contributed by atoms with Crippen molar-refractivity contribution in [3.05, 3.63) is 0 Å². The van der Waals surface area contributed by atoms with Gasteiger partial charge in [-0.15, -0.1) is 0 Å². The number of hydrogen-bond donors (Lipinski definition) is 2. The van der Waals surface area contributed by atoms with Crippen molar-refractivity contribution in [3.8, 4) is 0 Å². The molecule has 0 spiro atoms. The smallest absolute Gasteiger partial charge is 0.164 e. The third kappa shape index (κ3) is 1.95. The predicted octanol–water partition coefficient (Wildman–Crippen LogP) is -0.120. The predicted molar refractivity (Wildman–Crippen MR) is 42.6 cm³/mol. The van der Waals surface area contributed by atoms with Crippen LogP contribution in [-0.2, 0) is 9.47 Å². The van der Waals surface area contributed by atoms with Crippen molar-refractivity contribution >= 4 is 0 Å². The molecule has 12 heavy (non-hydrogen) atoms. The molecule has 1 aliphatic rings. The topological polar surface area (TPSA) is 58.9 Å². The van der Waals surface area contributed by atoms with Gasteiger partial charge in [-0.1, -0.05) is 0 Å². The van der Waals surface area contributed by atoms with E-state index in [0.717, 1.165) is 0 Å². The van der Waals surface area contributed by atoms with Gasteiger partial charge in [-0.2, -0.15) is 0 Å². The number of aliphatic hydroxyl groups is 2. The third-order valence-corrected chi connectivity index (χ3v) is 1.88. The van der Waals surface area contributed by atoms with Crippen molar-refractivity contribution in [1.82, 2.24) is 0 Å². The molecule has 1 rings (SSSR count). The molecule has 0 aromatic heterocycles. The minimum absolute atomic E-state index is 0.126. The SMILES string of the molecule is C[C@H](O)[C@@H]1OC(C)(C)O[C@@H]1CO. The quantitative estimate of drug-likeness (QED) is 0.616. The van der Waals surface area contributed by atoms with Gasteiger partial charge < -0.3 is 19.7 Å². The van der Waals surface area contributed by atoms with E-state index in [1.165, 1.54) is 0 Å². The maximum Gasteiger partial charge on any atom is 0.164 e. The summed E-state index contributed by atoms with van der Waals surface area (Å²) in [5, 5.41) is 18.2. The van der Waals surface area contributed by atoms with E-state index in [9.17, 15) is 5.11 Å². The zero-order chi connectivity index (χ0) is 9.35. The molecule has 1 aliphatic heterocycles. The van der Waals surface area contributed by atoms with Gasteiger partial charge in [-0.25, -0.2) is 0 Å². The zero-order valence-corrected chi connectivity index (χ0v) is 7.65. The minimum Gasteiger partial charge on any atom is -0.394 e. The summed E-state index contributed by atoms with van der Waals surface area (Å²) in [6, 6.07) is 0. The van der Waals surface area contributed by atoms with E-state index in [2.05, 4.69) is 0 Å². The molecule has 0 bridgehead atoms. The fourth-order valence-corrected chi connectivity index (χ4v) is 1.41. The number of ether oxygens (including phenoxy) is 2. The van der Waals surface area contributed by atoms with Gasteiger partial charge in [0.05, 0.1) is 12.7 Å². The van der Waals surface area contributed by atoms with Gasteiger partial charge in [0, 0.05) is 0 Å². The minimum atomic E-state index is -0.699. The van der Waals surface area contributed by atoms with Crippen molar-refractivity contribution in [2.75, 3.05) is 6.61 Å². The molecule has 2 N–H and O–H groups in total. The molecule has 0 radical (unpaired) electrons. The normalized spacial score (nSPS) is 36.8. The van der Waals surface area contributed by atoms with E-state index in [1.807, 2.05) is 0 Å². The second-order valence-corrected chi connectivity index (χ2v) is 3.56. The van der Waals surface area contributed by atoms with E-state index in [0.29, 0.717) is 0 Å². The van der Waals surface area contributed by atoms with E-state index >= 15 is 0 Å². The Labute approximate surface area is 72.1 Å². The Morgan fingerprint density at radius 3 is 2.33 bits per heavy atom. The summed E-state index contributed by atoms with van der Waals surface area (Å²) in [6.45, 7) is 5.02. The first-order valence-corrected chi connectivity index (χ1v) is 4.11. The Kier molecular flexibility index (Phi) is 2.73. The van der Waals surface area contributed by atoms with Gasteiger partial charge in [0.25, 0.3) is 0 Å². The average molecular weight is 176 g/mol. The fourth-order valence-electron chi connectivity index (χ4n) is 1.41. The van der Waals surface area contributed by atoms with Crippen LogP contribution in [-0.4, -0.2) is 40.9 Å². The summed E-state index contributed by atoms with van der Waals surface area (Å²) in [6.07, 6.45) is -1.46. The van der Waals surface area contributed by atoms with E-state index in [-0.39, 0.29) is 6.61 Å². The fraction of sp³-hybridized carbons (Fsp3) is 1.00. The van der Waals surface area contributed by atoms with E-state index in [4.69, 9.17) is 14.6 Å². The summed E-state index contributed by atoms with van der Waals surface area (Å²) in [5.74, 6) is -0.699. The first kappa shape index (κ1) is 9.92. The van der Waals surface area contributed by atoms with Gasteiger partial charge in [-0.3, -0.25) is 0 Å². The Morgan fingerprint density at radius 2 is 2.00 bits per heavy atom. The first-order valence-electron chi connectivity index (χ1n) is 4.11. The number of hydrogen-bond acceptors (Lipinski definition) is 4. The van der Waals surface area contributed by atoms with Gasteiger partial charge in [-0.05, 0) is 20.8 Å². The average Bonchev–Trinajstić information content (AvgIpc) is 2.25. The van der Waals surface area contributed by atoms with Crippen molar-refractivity contribution in [2.24, 2.45) is 0 Å². The van der Waals surface area contributed by atoms with Crippen molar-refractivity contribution < 1.29 is 19.7 Å². The van der Waals surface area contributed by atoms with Crippen LogP contribution >= 0.6 is 0 Å². The lowest BCUT2D eigenvalue weighted by Crippen LogP contribution is -2.35. The van der Waals surface area contributed by atoms with Crippen LogP contribution in [0, 0.1) is 0 Å². The molecule has 0 aromatic carbocycles. The second kappa shape index (κ2) is 3.30. The lowest BCUT2D eigenvalue weighted by atomic mass is 10.1. The maximum atomic E-state index is 9.27. The van der Waals surface area contributed by atoms with E-state index in [1.54, 1.807) is 20.8 Å². The maximum absolute atomic E-state index is 9.27. The highest BCUT2D eigenvalue weighted by Gasteiger charge is 2.42. The standard InChI is InChI=1S/C8H16O4/c1-5(10)7-6(4-9)11-8(2,3)12-7/h5-7,9-10H,4H2,1-3H3/t5-,6+,7-/m0/s1. The van der Waals surface area contributed by atoms with Crippen LogP contribution in [0.15, 0.2) is 0 Å². The van der Waals surface area contributed by atoms with Crippen LogP contribution in [0.4, 0.5) is 0 Å². The molecule has 1 heterocycles. The van der Waals surface area contributed by atoms with Crippen LogP contribution in [0.3, 0.4) is 0 Å². The Bertz CT molecular complexity index is 155. The molecule has 0 aromatic rings. The van der Waals surface area contributed by atoms with Gasteiger partial charge >= 0.3 is 0 Å². The molecule has 72 valence electrons. The Morgan fingerprint density at radius 1 is 1.42 bits per heavy atom. The van der Waals surface area contributed by atoms with Crippen molar-refractivity contribution in [3.63, 3.8) is 0 Å². The van der Waals surface area contributed by atoms with Crippen LogP contribution < -0.4 is 0 Å².